The summed E-state index contributed by atoms with van der Waals surface area (Å²) in [7, 11) is -4.53. The number of aliphatic hydroxyl groups excluding tert-OH is 3. The first-order chi connectivity index (χ1) is 18.1. The molecule has 2 aromatic heterocycles. The minimum absolute atomic E-state index is 0.000650. The van der Waals surface area contributed by atoms with E-state index in [1.54, 1.807) is 0 Å². The van der Waals surface area contributed by atoms with Crippen LogP contribution in [0.5, 0.6) is 0 Å². The summed E-state index contributed by atoms with van der Waals surface area (Å²) < 4.78 is 23.2. The summed E-state index contributed by atoms with van der Waals surface area (Å²) in [5.74, 6) is 0.317. The van der Waals surface area contributed by atoms with Crippen LogP contribution in [0.25, 0.3) is 11.2 Å². The topological polar surface area (TPSA) is 266 Å². The largest absolute Gasteiger partial charge is 0.570 e. The molecule has 3 aliphatic heterocycles. The molecule has 0 aliphatic carbocycles. The Morgan fingerprint density at radius 1 is 1.13 bits per heavy atom. The standard InChI is InChI=1S/C19H27N8O10P/c20-11-1-2-26(19(31)25-11)12-3-8(9(4-28)35-12)37-38(32,33)34-5-10-14(29)15(30)18(36-10)27-7-24-13-16(21)22-6-23-17(13)27/h6-10,12,14-15,18,28-30,32-33H,1-5H2,(H3-,20,21,22,23,25,31)/p+1/t8-,9+,10+,12+,14+,15+,18+/m0/s1. The van der Waals surface area contributed by atoms with E-state index in [0.29, 0.717) is 6.42 Å². The van der Waals surface area contributed by atoms with Crippen LogP contribution in [0.15, 0.2) is 17.6 Å². The van der Waals surface area contributed by atoms with Crippen LogP contribution in [0.4, 0.5) is 10.6 Å². The number of ether oxygens (including phenoxy) is 2. The van der Waals surface area contributed by atoms with E-state index in [-0.39, 0.29) is 35.8 Å². The van der Waals surface area contributed by atoms with Crippen molar-refractivity contribution in [1.82, 2.24) is 24.4 Å². The number of imidazole rings is 1. The van der Waals surface area contributed by atoms with Crippen molar-refractivity contribution in [1.29, 1.82) is 0 Å². The van der Waals surface area contributed by atoms with Gasteiger partial charge in [0.2, 0.25) is 0 Å². The Labute approximate surface area is 215 Å². The number of nitrogen functional groups attached to an aromatic ring is 1. The van der Waals surface area contributed by atoms with Crippen molar-refractivity contribution in [3.63, 3.8) is 0 Å². The molecule has 7 atom stereocenters. The summed E-state index contributed by atoms with van der Waals surface area (Å²) in [6.07, 6.45) is -5.23. The van der Waals surface area contributed by atoms with Crippen LogP contribution >= 0.6 is 8.17 Å². The Kier molecular flexibility index (Phi) is 7.44. The number of aliphatic hydroxyl groups is 3. The number of carbonyl (C=O) groups excluding carboxylic acids is 1. The smallest absolute Gasteiger partial charge is 0.394 e. The zero-order valence-electron chi connectivity index (χ0n) is 19.8. The third-order valence-electron chi connectivity index (χ3n) is 6.48. The van der Waals surface area contributed by atoms with Gasteiger partial charge >= 0.3 is 14.2 Å². The number of anilines is 1. The monoisotopic (exact) mass is 559 g/mol. The van der Waals surface area contributed by atoms with Gasteiger partial charge in [-0.1, -0.05) is 0 Å². The molecule has 0 saturated carbocycles. The Morgan fingerprint density at radius 3 is 2.66 bits per heavy atom. The first-order valence-corrected chi connectivity index (χ1v) is 13.1. The second-order valence-electron chi connectivity index (χ2n) is 8.94. The van der Waals surface area contributed by atoms with Crippen LogP contribution in [0.2, 0.25) is 0 Å². The van der Waals surface area contributed by atoms with Crippen molar-refractivity contribution in [2.24, 2.45) is 10.7 Å². The fraction of sp³-hybridized carbons (Fsp3) is 0.632. The fourth-order valence-corrected chi connectivity index (χ4v) is 5.52. The van der Waals surface area contributed by atoms with Gasteiger partial charge in [-0.05, 0) is 0 Å². The number of hydrogen-bond acceptors (Lipinski definition) is 15. The summed E-state index contributed by atoms with van der Waals surface area (Å²) in [6, 6.07) is -0.610. The fourth-order valence-electron chi connectivity index (χ4n) is 4.54. The number of aromatic nitrogens is 4. The first-order valence-electron chi connectivity index (χ1n) is 11.6. The third kappa shape index (κ3) is 5.15. The van der Waals surface area contributed by atoms with E-state index in [0.717, 1.165) is 0 Å². The minimum atomic E-state index is -4.53. The molecule has 2 aromatic rings. The summed E-state index contributed by atoms with van der Waals surface area (Å²) in [6.45, 7) is -0.859. The molecule has 2 fully saturated rings. The molecular weight excluding hydrogens is 531 g/mol. The minimum Gasteiger partial charge on any atom is -0.394 e. The molecule has 2 amide bonds. The van der Waals surface area contributed by atoms with E-state index in [1.165, 1.54) is 22.1 Å². The molecule has 38 heavy (non-hydrogen) atoms. The lowest BCUT2D eigenvalue weighted by molar-refractivity contribution is -0.0705. The van der Waals surface area contributed by atoms with E-state index in [2.05, 4.69) is 19.9 Å². The second kappa shape index (κ2) is 10.5. The molecule has 5 heterocycles. The highest BCUT2D eigenvalue weighted by Gasteiger charge is 2.53. The Balaban J connectivity index is 1.20. The number of nitrogens with zero attached hydrogens (tertiary/aromatic N) is 6. The van der Waals surface area contributed by atoms with E-state index < -0.39 is 70.4 Å². The maximum Gasteiger partial charge on any atom is 0.570 e. The maximum absolute atomic E-state index is 12.2. The zero-order valence-corrected chi connectivity index (χ0v) is 20.7. The van der Waals surface area contributed by atoms with Gasteiger partial charge < -0.3 is 36.3 Å². The number of fused-ring (bicyclic) bond motifs is 1. The number of urea groups is 1. The number of hydrogen-bond donors (Lipinski definition) is 7. The summed E-state index contributed by atoms with van der Waals surface area (Å²) in [4.78, 5) is 50.0. The summed E-state index contributed by atoms with van der Waals surface area (Å²) >= 11 is 0. The normalized spacial score (nSPS) is 32.3. The van der Waals surface area contributed by atoms with Crippen LogP contribution in [-0.2, 0) is 18.5 Å². The third-order valence-corrected chi connectivity index (χ3v) is 7.51. The molecule has 9 N–H and O–H groups in total. The van der Waals surface area contributed by atoms with Crippen molar-refractivity contribution in [3.8, 4) is 0 Å². The van der Waals surface area contributed by atoms with Gasteiger partial charge in [-0.15, -0.1) is 4.52 Å². The molecule has 0 bridgehead atoms. The quantitative estimate of drug-likeness (QED) is 0.163. The van der Waals surface area contributed by atoms with E-state index in [1.807, 2.05) is 0 Å². The van der Waals surface area contributed by atoms with Crippen LogP contribution in [0.3, 0.4) is 0 Å². The van der Waals surface area contributed by atoms with E-state index in [4.69, 9.17) is 30.0 Å². The number of amides is 2. The van der Waals surface area contributed by atoms with Gasteiger partial charge in [0.05, 0.1) is 12.9 Å². The van der Waals surface area contributed by atoms with Gasteiger partial charge in [0.15, 0.2) is 17.7 Å². The van der Waals surface area contributed by atoms with Gasteiger partial charge in [-0.25, -0.2) is 19.7 Å². The zero-order chi connectivity index (χ0) is 27.2. The molecule has 3 aliphatic rings. The highest BCUT2D eigenvalue weighted by atomic mass is 31.2. The molecule has 208 valence electrons. The van der Waals surface area contributed by atoms with E-state index in [9.17, 15) is 29.9 Å². The Morgan fingerprint density at radius 2 is 1.92 bits per heavy atom. The van der Waals surface area contributed by atoms with Gasteiger partial charge in [-0.3, -0.25) is 9.47 Å². The lowest BCUT2D eigenvalue weighted by Gasteiger charge is -2.29. The molecular formula is C19H28N8O10P+. The van der Waals surface area contributed by atoms with Gasteiger partial charge in [0.1, 0.15) is 61.0 Å². The molecule has 0 aromatic carbocycles. The number of aliphatic imine (C=N–C) groups is 1. The van der Waals surface area contributed by atoms with E-state index >= 15 is 0 Å². The lowest BCUT2D eigenvalue weighted by Crippen LogP contribution is -2.44. The summed E-state index contributed by atoms with van der Waals surface area (Å²) in [5.41, 5.74) is 11.9. The average molecular weight is 559 g/mol. The number of amidine groups is 1. The lowest BCUT2D eigenvalue weighted by atomic mass is 10.1. The van der Waals surface area contributed by atoms with Gasteiger partial charge in [0, 0.05) is 19.4 Å². The second-order valence-corrected chi connectivity index (χ2v) is 10.4. The molecule has 18 nitrogen and oxygen atoms in total. The van der Waals surface area contributed by atoms with Crippen LogP contribution in [0, 0.1) is 0 Å². The molecule has 5 rings (SSSR count). The molecule has 0 unspecified atom stereocenters. The Bertz CT molecular complexity index is 1220. The average Bonchev–Trinajstić information content (AvgIpc) is 3.55. The Hall–Kier alpha value is -2.64. The first kappa shape index (κ1) is 26.9. The highest BCUT2D eigenvalue weighted by molar-refractivity contribution is 7.54. The predicted octanol–water partition coefficient (Wildman–Crippen LogP) is -2.62. The van der Waals surface area contributed by atoms with Crippen LogP contribution in [-0.4, -0.2) is 118 Å². The highest BCUT2D eigenvalue weighted by Crippen LogP contribution is 2.55. The number of rotatable bonds is 8. The van der Waals surface area contributed by atoms with Gasteiger partial charge in [-0.2, -0.15) is 19.3 Å². The van der Waals surface area contributed by atoms with Gasteiger partial charge in [0.25, 0.3) is 0 Å². The molecule has 0 spiro atoms. The van der Waals surface area contributed by atoms with Crippen molar-refractivity contribution >= 4 is 37.0 Å². The molecule has 0 radical (unpaired) electrons. The maximum atomic E-state index is 12.2. The van der Waals surface area contributed by atoms with Crippen molar-refractivity contribution in [2.75, 3.05) is 25.5 Å². The number of nitrogens with two attached hydrogens (primary N) is 2. The van der Waals surface area contributed by atoms with Crippen molar-refractivity contribution in [3.05, 3.63) is 12.7 Å². The molecule has 19 heteroatoms. The van der Waals surface area contributed by atoms with Crippen LogP contribution in [0.1, 0.15) is 19.1 Å². The molecule has 2 saturated heterocycles. The SMILES string of the molecule is NC1=NC(=O)N([C@H]2C[C@H](O[P+](O)(O)OC[C@H]3O[C@@H](n4cnc5c(N)ncnc54)[C@H](O)[C@@H]3O)[C@@H](CO)O2)CC1. The van der Waals surface area contributed by atoms with Crippen molar-refractivity contribution in [2.45, 2.75) is 55.8 Å². The number of carbonyl (C=O) groups is 1. The summed E-state index contributed by atoms with van der Waals surface area (Å²) in [5, 5.41) is 30.7. The predicted molar refractivity (Wildman–Crippen MR) is 127 cm³/mol. The van der Waals surface area contributed by atoms with Crippen LogP contribution < -0.4 is 11.5 Å². The van der Waals surface area contributed by atoms with Crippen molar-refractivity contribution < 1.29 is 48.4 Å².